The summed E-state index contributed by atoms with van der Waals surface area (Å²) in [6.07, 6.45) is 3.46. The van der Waals surface area contributed by atoms with Crippen molar-refractivity contribution in [2.24, 2.45) is 16.9 Å². The highest BCUT2D eigenvalue weighted by Crippen LogP contribution is 2.63. The number of rotatable bonds is 9. The van der Waals surface area contributed by atoms with Crippen LogP contribution in [-0.4, -0.2) is 30.5 Å². The van der Waals surface area contributed by atoms with E-state index >= 15 is 0 Å². The number of carbonyl (C=O) groups excluding carboxylic acids is 3. The van der Waals surface area contributed by atoms with Crippen molar-refractivity contribution in [3.63, 3.8) is 0 Å². The van der Waals surface area contributed by atoms with Crippen molar-refractivity contribution in [1.29, 1.82) is 0 Å². The molecule has 44 heavy (non-hydrogen) atoms. The second kappa shape index (κ2) is 11.2. The Bertz CT molecular complexity index is 1720. The second-order valence-corrected chi connectivity index (χ2v) is 11.7. The first kappa shape index (κ1) is 27.8. The number of anilines is 1. The minimum absolute atomic E-state index is 0.218. The Morgan fingerprint density at radius 3 is 2.16 bits per heavy atom. The van der Waals surface area contributed by atoms with E-state index in [2.05, 4.69) is 10.5 Å². The third-order valence-corrected chi connectivity index (χ3v) is 9.19. The molecular formula is C37H33N3O4. The number of nitrogens with one attached hydrogen (secondary N) is 1. The molecule has 0 unspecified atom stereocenters. The average molecular weight is 584 g/mol. The molecule has 1 fully saturated rings. The number of carbonyl (C=O) groups is 3. The number of nitrogens with zero attached hydrogens (tertiary/aromatic N) is 2. The molecule has 220 valence electrons. The first-order valence-corrected chi connectivity index (χ1v) is 15.2. The molecule has 0 radical (unpaired) electrons. The summed E-state index contributed by atoms with van der Waals surface area (Å²) in [7, 11) is 0. The van der Waals surface area contributed by atoms with Crippen LogP contribution < -0.4 is 15.1 Å². The number of amides is 3. The van der Waals surface area contributed by atoms with Gasteiger partial charge < -0.3 is 4.74 Å². The molecule has 7 heteroatoms. The van der Waals surface area contributed by atoms with Gasteiger partial charge in [0.2, 0.25) is 17.7 Å². The van der Waals surface area contributed by atoms with Gasteiger partial charge in [-0.15, -0.1) is 0 Å². The zero-order valence-corrected chi connectivity index (χ0v) is 24.5. The van der Waals surface area contributed by atoms with Gasteiger partial charge in [0, 0.05) is 18.6 Å². The summed E-state index contributed by atoms with van der Waals surface area (Å²) in [5.74, 6) is -1.60. The number of ether oxygens (including phenoxy) is 1. The van der Waals surface area contributed by atoms with E-state index in [1.165, 1.54) is 4.90 Å². The lowest BCUT2D eigenvalue weighted by Gasteiger charge is -2.52. The fourth-order valence-corrected chi connectivity index (χ4v) is 7.38. The SMILES string of the molecule is CCCOc1ccc(N2C(=O)[C@H]3C4c5ccccc5C(/C=N\NC(=O)CCc5ccccc5)(c5ccccc54)[C@H]3C2=O)cc1. The van der Waals surface area contributed by atoms with Gasteiger partial charge in [0.15, 0.2) is 0 Å². The average Bonchev–Trinajstić information content (AvgIpc) is 3.34. The van der Waals surface area contributed by atoms with E-state index in [1.54, 1.807) is 30.5 Å². The molecule has 2 bridgehead atoms. The van der Waals surface area contributed by atoms with Crippen LogP contribution in [0, 0.1) is 11.8 Å². The van der Waals surface area contributed by atoms with Gasteiger partial charge in [0.1, 0.15) is 5.75 Å². The van der Waals surface area contributed by atoms with Gasteiger partial charge in [-0.2, -0.15) is 5.10 Å². The van der Waals surface area contributed by atoms with E-state index in [0.717, 1.165) is 34.2 Å². The Kier molecular flexibility index (Phi) is 7.09. The van der Waals surface area contributed by atoms with Crippen molar-refractivity contribution >= 4 is 29.6 Å². The van der Waals surface area contributed by atoms with Crippen molar-refractivity contribution in [2.45, 2.75) is 37.5 Å². The molecule has 3 aliphatic carbocycles. The van der Waals surface area contributed by atoms with E-state index in [4.69, 9.17) is 4.74 Å². The molecule has 7 nitrogen and oxygen atoms in total. The molecule has 0 aromatic heterocycles. The lowest BCUT2D eigenvalue weighted by molar-refractivity contribution is -0.123. The molecule has 4 aromatic rings. The van der Waals surface area contributed by atoms with Crippen molar-refractivity contribution in [1.82, 2.24) is 5.43 Å². The quantitative estimate of drug-likeness (QED) is 0.154. The van der Waals surface area contributed by atoms with Crippen LogP contribution in [0.5, 0.6) is 5.75 Å². The Labute approximate surface area is 256 Å². The summed E-state index contributed by atoms with van der Waals surface area (Å²) in [4.78, 5) is 43.0. The number of hydrogen-bond donors (Lipinski definition) is 1. The number of aryl methyl sites for hydroxylation is 1. The highest BCUT2D eigenvalue weighted by Gasteiger charge is 2.68. The molecular weight excluding hydrogens is 550 g/mol. The molecule has 0 saturated carbocycles. The lowest BCUT2D eigenvalue weighted by atomic mass is 9.47. The Morgan fingerprint density at radius 1 is 0.864 bits per heavy atom. The standard InChI is InChI=1S/C37H33N3O4/c1-2-22-44-26-19-17-25(18-20-26)40-35(42)33-32-27-12-6-8-14-29(27)37(34(33)36(40)43,30-15-9-7-13-28(30)32)23-38-39-31(41)21-16-24-10-4-3-5-11-24/h3-15,17-20,23,32-34H,2,16,21-22H2,1H3,(H,39,41)/b38-23-/t32?,33-,34+,37?/m0/s1. The van der Waals surface area contributed by atoms with Crippen LogP contribution in [0.1, 0.15) is 53.5 Å². The molecule has 8 rings (SSSR count). The molecule has 1 aliphatic heterocycles. The first-order valence-electron chi connectivity index (χ1n) is 15.2. The van der Waals surface area contributed by atoms with Gasteiger partial charge >= 0.3 is 0 Å². The number of hydrogen-bond acceptors (Lipinski definition) is 5. The van der Waals surface area contributed by atoms with Crippen molar-refractivity contribution in [3.05, 3.63) is 131 Å². The van der Waals surface area contributed by atoms with E-state index in [9.17, 15) is 14.4 Å². The largest absolute Gasteiger partial charge is 0.494 e. The number of imide groups is 1. The molecule has 0 spiro atoms. The lowest BCUT2D eigenvalue weighted by Crippen LogP contribution is -2.54. The van der Waals surface area contributed by atoms with Gasteiger partial charge in [-0.1, -0.05) is 85.8 Å². The summed E-state index contributed by atoms with van der Waals surface area (Å²) in [6, 6.07) is 33.0. The molecule has 3 amide bonds. The van der Waals surface area contributed by atoms with Crippen LogP contribution in [0.15, 0.2) is 108 Å². The number of benzene rings is 4. The maximum Gasteiger partial charge on any atom is 0.240 e. The predicted molar refractivity (Wildman–Crippen MR) is 169 cm³/mol. The first-order chi connectivity index (χ1) is 21.5. The fraction of sp³-hybridized carbons (Fsp3) is 0.243. The van der Waals surface area contributed by atoms with E-state index in [1.807, 2.05) is 85.8 Å². The maximum atomic E-state index is 14.5. The highest BCUT2D eigenvalue weighted by molar-refractivity contribution is 6.25. The zero-order chi connectivity index (χ0) is 30.3. The maximum absolute atomic E-state index is 14.5. The van der Waals surface area contributed by atoms with Crippen LogP contribution in [0.25, 0.3) is 0 Å². The van der Waals surface area contributed by atoms with E-state index < -0.39 is 17.3 Å². The topological polar surface area (TPSA) is 88.1 Å². The van der Waals surface area contributed by atoms with Gasteiger partial charge in [-0.25, -0.2) is 10.3 Å². The van der Waals surface area contributed by atoms with Gasteiger partial charge in [-0.05, 0) is 64.9 Å². The fourth-order valence-electron chi connectivity index (χ4n) is 7.38. The van der Waals surface area contributed by atoms with E-state index in [-0.39, 0.29) is 30.1 Å². The molecule has 1 N–H and O–H groups in total. The summed E-state index contributed by atoms with van der Waals surface area (Å²) in [5.41, 5.74) is 7.19. The highest BCUT2D eigenvalue weighted by atomic mass is 16.5. The summed E-state index contributed by atoms with van der Waals surface area (Å²) in [5, 5.41) is 4.51. The Balaban J connectivity index is 1.28. The zero-order valence-electron chi connectivity index (χ0n) is 24.5. The number of hydrazone groups is 1. The van der Waals surface area contributed by atoms with Crippen LogP contribution in [-0.2, 0) is 26.2 Å². The molecule has 2 atom stereocenters. The predicted octanol–water partition coefficient (Wildman–Crippen LogP) is 5.76. The molecule has 4 aromatic carbocycles. The second-order valence-electron chi connectivity index (χ2n) is 11.7. The minimum atomic E-state index is -1.04. The monoisotopic (exact) mass is 583 g/mol. The minimum Gasteiger partial charge on any atom is -0.494 e. The van der Waals surface area contributed by atoms with Crippen LogP contribution in [0.2, 0.25) is 0 Å². The summed E-state index contributed by atoms with van der Waals surface area (Å²) < 4.78 is 5.73. The van der Waals surface area contributed by atoms with Gasteiger partial charge in [-0.3, -0.25) is 14.4 Å². The summed E-state index contributed by atoms with van der Waals surface area (Å²) in [6.45, 7) is 2.63. The Hall–Kier alpha value is -5.04. The Morgan fingerprint density at radius 2 is 1.50 bits per heavy atom. The summed E-state index contributed by atoms with van der Waals surface area (Å²) >= 11 is 0. The molecule has 1 heterocycles. The third kappa shape index (κ3) is 4.34. The molecule has 1 saturated heterocycles. The molecule has 4 aliphatic rings. The normalized spacial score (nSPS) is 22.9. The van der Waals surface area contributed by atoms with Crippen molar-refractivity contribution in [3.8, 4) is 5.75 Å². The van der Waals surface area contributed by atoms with Gasteiger partial charge in [0.05, 0.1) is 29.5 Å². The van der Waals surface area contributed by atoms with Crippen molar-refractivity contribution < 1.29 is 19.1 Å². The van der Waals surface area contributed by atoms with Gasteiger partial charge in [0.25, 0.3) is 0 Å². The van der Waals surface area contributed by atoms with Crippen LogP contribution >= 0.6 is 0 Å². The van der Waals surface area contributed by atoms with E-state index in [0.29, 0.717) is 24.5 Å². The smallest absolute Gasteiger partial charge is 0.240 e. The van der Waals surface area contributed by atoms with Crippen molar-refractivity contribution in [2.75, 3.05) is 11.5 Å². The third-order valence-electron chi connectivity index (χ3n) is 9.19. The van der Waals surface area contributed by atoms with Crippen LogP contribution in [0.4, 0.5) is 5.69 Å². The van der Waals surface area contributed by atoms with Crippen LogP contribution in [0.3, 0.4) is 0 Å².